The van der Waals surface area contributed by atoms with Crippen LogP contribution in [0.15, 0.2) is 30.3 Å². The highest BCUT2D eigenvalue weighted by molar-refractivity contribution is 7.99. The van der Waals surface area contributed by atoms with E-state index in [2.05, 4.69) is 17.0 Å². The van der Waals surface area contributed by atoms with Crippen LogP contribution >= 0.6 is 11.8 Å². The minimum absolute atomic E-state index is 0.0924. The van der Waals surface area contributed by atoms with Crippen molar-refractivity contribution in [2.45, 2.75) is 13.0 Å². The third-order valence-electron chi connectivity index (χ3n) is 4.80. The van der Waals surface area contributed by atoms with Gasteiger partial charge in [-0.1, -0.05) is 30.3 Å². The molecule has 24 heavy (non-hydrogen) atoms. The highest BCUT2D eigenvalue weighted by Gasteiger charge is 2.33. The minimum Gasteiger partial charge on any atom is -0.339 e. The summed E-state index contributed by atoms with van der Waals surface area (Å²) in [5.41, 5.74) is 1.07. The SMILES string of the molecule is CC(=O)N1CCN(C(=O)[C@H](c2ccccc2)N2CCSCC2)CC1. The number of hydrogen-bond donors (Lipinski definition) is 0. The molecule has 2 fully saturated rings. The van der Waals surface area contributed by atoms with Gasteiger partial charge in [-0.3, -0.25) is 14.5 Å². The standard InChI is InChI=1S/C18H25N3O2S/c1-15(22)19-7-9-21(10-8-19)18(23)17(16-5-3-2-4-6-16)20-11-13-24-14-12-20/h2-6,17H,7-14H2,1H3/t17-/m0/s1. The Balaban J connectivity index is 1.75. The van der Waals surface area contributed by atoms with E-state index < -0.39 is 0 Å². The zero-order valence-electron chi connectivity index (χ0n) is 14.2. The summed E-state index contributed by atoms with van der Waals surface area (Å²) in [5, 5.41) is 0. The first-order valence-electron chi connectivity index (χ1n) is 8.58. The first-order chi connectivity index (χ1) is 11.7. The van der Waals surface area contributed by atoms with E-state index in [-0.39, 0.29) is 17.9 Å². The topological polar surface area (TPSA) is 43.9 Å². The normalized spacial score (nSPS) is 20.7. The first-order valence-corrected chi connectivity index (χ1v) is 9.73. The van der Waals surface area contributed by atoms with Crippen LogP contribution in [0.3, 0.4) is 0 Å². The van der Waals surface area contributed by atoms with Gasteiger partial charge in [0.2, 0.25) is 11.8 Å². The van der Waals surface area contributed by atoms with Gasteiger partial charge in [-0.15, -0.1) is 0 Å². The van der Waals surface area contributed by atoms with Gasteiger partial charge in [0.15, 0.2) is 0 Å². The van der Waals surface area contributed by atoms with Gasteiger partial charge in [0.25, 0.3) is 0 Å². The molecule has 1 atom stereocenters. The molecule has 0 radical (unpaired) electrons. The lowest BCUT2D eigenvalue weighted by Crippen LogP contribution is -2.53. The minimum atomic E-state index is -0.198. The molecule has 5 nitrogen and oxygen atoms in total. The summed E-state index contributed by atoms with van der Waals surface area (Å²) in [5.74, 6) is 2.43. The van der Waals surface area contributed by atoms with Gasteiger partial charge < -0.3 is 9.80 Å². The fourth-order valence-electron chi connectivity index (χ4n) is 3.40. The number of carbonyl (C=O) groups is 2. The van der Waals surface area contributed by atoms with Gasteiger partial charge in [-0.05, 0) is 5.56 Å². The maximum absolute atomic E-state index is 13.2. The highest BCUT2D eigenvalue weighted by atomic mass is 32.2. The van der Waals surface area contributed by atoms with Crippen LogP contribution in [0.2, 0.25) is 0 Å². The molecule has 130 valence electrons. The van der Waals surface area contributed by atoms with Crippen molar-refractivity contribution in [1.82, 2.24) is 14.7 Å². The molecule has 0 aromatic heterocycles. The van der Waals surface area contributed by atoms with Crippen molar-refractivity contribution in [3.8, 4) is 0 Å². The van der Waals surface area contributed by atoms with E-state index in [9.17, 15) is 9.59 Å². The van der Waals surface area contributed by atoms with Crippen molar-refractivity contribution in [2.75, 3.05) is 50.8 Å². The molecule has 0 aliphatic carbocycles. The van der Waals surface area contributed by atoms with E-state index >= 15 is 0 Å². The number of piperazine rings is 1. The summed E-state index contributed by atoms with van der Waals surface area (Å²) in [6, 6.07) is 9.90. The lowest BCUT2D eigenvalue weighted by Gasteiger charge is -2.40. The maximum Gasteiger partial charge on any atom is 0.244 e. The van der Waals surface area contributed by atoms with Gasteiger partial charge in [0.05, 0.1) is 0 Å². The Morgan fingerprint density at radius 1 is 0.917 bits per heavy atom. The second kappa shape index (κ2) is 8.03. The zero-order chi connectivity index (χ0) is 16.9. The molecule has 2 amide bonds. The molecule has 3 rings (SSSR count). The molecule has 0 bridgehead atoms. The molecule has 1 aromatic carbocycles. The van der Waals surface area contributed by atoms with Gasteiger partial charge in [0.1, 0.15) is 6.04 Å². The molecule has 0 N–H and O–H groups in total. The van der Waals surface area contributed by atoms with E-state index in [0.29, 0.717) is 26.2 Å². The van der Waals surface area contributed by atoms with Gasteiger partial charge >= 0.3 is 0 Å². The predicted molar refractivity (Wildman–Crippen MR) is 96.9 cm³/mol. The van der Waals surface area contributed by atoms with Crippen LogP contribution in [0.4, 0.5) is 0 Å². The van der Waals surface area contributed by atoms with Crippen molar-refractivity contribution in [3.63, 3.8) is 0 Å². The molecule has 2 heterocycles. The van der Waals surface area contributed by atoms with Crippen LogP contribution in [0.25, 0.3) is 0 Å². The molecule has 2 aliphatic rings. The monoisotopic (exact) mass is 347 g/mol. The van der Waals surface area contributed by atoms with Crippen LogP contribution < -0.4 is 0 Å². The second-order valence-corrected chi connectivity index (χ2v) is 7.52. The second-order valence-electron chi connectivity index (χ2n) is 6.29. The van der Waals surface area contributed by atoms with E-state index in [1.54, 1.807) is 6.92 Å². The lowest BCUT2D eigenvalue weighted by atomic mass is 10.0. The van der Waals surface area contributed by atoms with E-state index in [0.717, 1.165) is 30.2 Å². The van der Waals surface area contributed by atoms with Crippen LogP contribution in [0.1, 0.15) is 18.5 Å². The molecule has 2 saturated heterocycles. The highest BCUT2D eigenvalue weighted by Crippen LogP contribution is 2.26. The van der Waals surface area contributed by atoms with E-state index in [1.807, 2.05) is 39.8 Å². The average Bonchev–Trinajstić information content (AvgIpc) is 2.64. The Morgan fingerprint density at radius 3 is 2.08 bits per heavy atom. The Morgan fingerprint density at radius 2 is 1.50 bits per heavy atom. The van der Waals surface area contributed by atoms with Crippen molar-refractivity contribution >= 4 is 23.6 Å². The number of benzene rings is 1. The maximum atomic E-state index is 13.2. The number of hydrogen-bond acceptors (Lipinski definition) is 4. The molecule has 0 spiro atoms. The van der Waals surface area contributed by atoms with Crippen LogP contribution in [0, 0.1) is 0 Å². The number of amides is 2. The van der Waals surface area contributed by atoms with Crippen molar-refractivity contribution < 1.29 is 9.59 Å². The quantitative estimate of drug-likeness (QED) is 0.831. The van der Waals surface area contributed by atoms with Gasteiger partial charge in [-0.2, -0.15) is 11.8 Å². The summed E-state index contributed by atoms with van der Waals surface area (Å²) in [7, 11) is 0. The van der Waals surface area contributed by atoms with E-state index in [1.165, 1.54) is 0 Å². The molecule has 0 unspecified atom stereocenters. The third kappa shape index (κ3) is 3.92. The van der Waals surface area contributed by atoms with Crippen molar-refractivity contribution in [1.29, 1.82) is 0 Å². The summed E-state index contributed by atoms with van der Waals surface area (Å²) >= 11 is 1.95. The summed E-state index contributed by atoms with van der Waals surface area (Å²) in [6.07, 6.45) is 0. The van der Waals surface area contributed by atoms with Crippen LogP contribution in [-0.4, -0.2) is 77.3 Å². The average molecular weight is 347 g/mol. The molecule has 0 saturated carbocycles. The molecule has 2 aliphatic heterocycles. The molecule has 1 aromatic rings. The lowest BCUT2D eigenvalue weighted by molar-refractivity contribution is -0.142. The summed E-state index contributed by atoms with van der Waals surface area (Å²) in [4.78, 5) is 30.8. The third-order valence-corrected chi connectivity index (χ3v) is 5.74. The Bertz CT molecular complexity index is 567. The smallest absolute Gasteiger partial charge is 0.244 e. The first kappa shape index (κ1) is 17.3. The van der Waals surface area contributed by atoms with Crippen molar-refractivity contribution in [3.05, 3.63) is 35.9 Å². The zero-order valence-corrected chi connectivity index (χ0v) is 15.0. The van der Waals surface area contributed by atoms with Crippen LogP contribution in [0.5, 0.6) is 0 Å². The van der Waals surface area contributed by atoms with Gasteiger partial charge in [0, 0.05) is 57.7 Å². The number of rotatable bonds is 3. The van der Waals surface area contributed by atoms with Crippen LogP contribution in [-0.2, 0) is 9.59 Å². The molecule has 6 heteroatoms. The van der Waals surface area contributed by atoms with Gasteiger partial charge in [-0.25, -0.2) is 0 Å². The number of thioether (sulfide) groups is 1. The number of carbonyl (C=O) groups excluding carboxylic acids is 2. The molecular formula is C18H25N3O2S. The Kier molecular flexibility index (Phi) is 5.79. The largest absolute Gasteiger partial charge is 0.339 e. The number of nitrogens with zero attached hydrogens (tertiary/aromatic N) is 3. The summed E-state index contributed by atoms with van der Waals surface area (Å²) < 4.78 is 0. The van der Waals surface area contributed by atoms with Crippen molar-refractivity contribution in [2.24, 2.45) is 0 Å². The van der Waals surface area contributed by atoms with E-state index in [4.69, 9.17) is 0 Å². The molecular weight excluding hydrogens is 322 g/mol. The summed E-state index contributed by atoms with van der Waals surface area (Å²) in [6.45, 7) is 6.02. The fraction of sp³-hybridized carbons (Fsp3) is 0.556. The Labute approximate surface area is 148 Å². The predicted octanol–water partition coefficient (Wildman–Crippen LogP) is 1.47. The Hall–Kier alpha value is -1.53. The fourth-order valence-corrected chi connectivity index (χ4v) is 4.33.